The summed E-state index contributed by atoms with van der Waals surface area (Å²) in [6, 6.07) is 19.2. The van der Waals surface area contributed by atoms with Crippen molar-refractivity contribution in [3.05, 3.63) is 71.4 Å². The van der Waals surface area contributed by atoms with Crippen molar-refractivity contribution in [1.82, 2.24) is 30.1 Å². The van der Waals surface area contributed by atoms with Crippen molar-refractivity contribution in [3.63, 3.8) is 0 Å². The van der Waals surface area contributed by atoms with Crippen LogP contribution >= 0.6 is 0 Å². The molecule has 2 aromatic heterocycles. The van der Waals surface area contributed by atoms with E-state index in [1.54, 1.807) is 0 Å². The quantitative estimate of drug-likeness (QED) is 0.432. The molecule has 3 heterocycles. The molecule has 174 valence electrons. The van der Waals surface area contributed by atoms with Gasteiger partial charge in [0.15, 0.2) is 6.29 Å². The fourth-order valence-corrected chi connectivity index (χ4v) is 4.51. The number of fused-ring (bicyclic) bond motifs is 1. The standard InChI is InChI=1S/C26H30N8/c1-5-8-20-15-23-17(2)27-26(33(3)4)28-25(23)34(20)16-18-11-13-19(14-12-18)21-9-6-7-10-22(21)24-29-31-32-30-24/h6-7,9-15,26,28H,5,8,16H2,1-4H3,(H,29,30,31,32). The van der Waals surface area contributed by atoms with E-state index in [2.05, 4.69) is 85.7 Å². The van der Waals surface area contributed by atoms with E-state index in [9.17, 15) is 0 Å². The number of nitrogens with one attached hydrogen (secondary N) is 2. The van der Waals surface area contributed by atoms with Gasteiger partial charge in [0.05, 0.1) is 0 Å². The Morgan fingerprint density at radius 1 is 1.00 bits per heavy atom. The van der Waals surface area contributed by atoms with E-state index in [1.807, 2.05) is 32.3 Å². The van der Waals surface area contributed by atoms with Gasteiger partial charge >= 0.3 is 0 Å². The fraction of sp³-hybridized carbons (Fsp3) is 0.308. The van der Waals surface area contributed by atoms with Gasteiger partial charge in [0, 0.05) is 29.1 Å². The Bertz CT molecular complexity index is 1300. The molecule has 8 nitrogen and oxygen atoms in total. The largest absolute Gasteiger partial charge is 0.337 e. The number of anilines is 1. The Kier molecular flexibility index (Phi) is 5.98. The van der Waals surface area contributed by atoms with Crippen molar-refractivity contribution < 1.29 is 0 Å². The number of hydrogen-bond acceptors (Lipinski definition) is 6. The second-order valence-corrected chi connectivity index (χ2v) is 8.91. The van der Waals surface area contributed by atoms with Crippen LogP contribution in [-0.4, -0.2) is 56.2 Å². The molecule has 0 aliphatic carbocycles. The van der Waals surface area contributed by atoms with Gasteiger partial charge < -0.3 is 9.88 Å². The van der Waals surface area contributed by atoms with Gasteiger partial charge in [-0.15, -0.1) is 10.2 Å². The summed E-state index contributed by atoms with van der Waals surface area (Å²) in [5.41, 5.74) is 8.04. The van der Waals surface area contributed by atoms with Crippen LogP contribution in [0, 0.1) is 0 Å². The second kappa shape index (κ2) is 9.23. The van der Waals surface area contributed by atoms with Gasteiger partial charge in [0.1, 0.15) is 5.82 Å². The molecule has 0 saturated carbocycles. The highest BCUT2D eigenvalue weighted by Gasteiger charge is 2.25. The minimum Gasteiger partial charge on any atom is -0.337 e. The average Bonchev–Trinajstić information content (AvgIpc) is 3.49. The molecule has 0 saturated heterocycles. The third kappa shape index (κ3) is 4.12. The normalized spacial score (nSPS) is 15.2. The summed E-state index contributed by atoms with van der Waals surface area (Å²) in [6.45, 7) is 5.13. The predicted molar refractivity (Wildman–Crippen MR) is 136 cm³/mol. The number of aromatic nitrogens is 5. The molecule has 2 N–H and O–H groups in total. The van der Waals surface area contributed by atoms with Crippen molar-refractivity contribution >= 4 is 11.5 Å². The minimum absolute atomic E-state index is 0.0559. The summed E-state index contributed by atoms with van der Waals surface area (Å²) < 4.78 is 2.41. The van der Waals surface area contributed by atoms with Gasteiger partial charge in [0.2, 0.25) is 5.82 Å². The van der Waals surface area contributed by atoms with Gasteiger partial charge in [-0.05, 0) is 55.4 Å². The number of aryl methyl sites for hydroxylation is 1. The molecule has 1 aliphatic rings. The van der Waals surface area contributed by atoms with Gasteiger partial charge in [-0.25, -0.2) is 4.99 Å². The summed E-state index contributed by atoms with van der Waals surface area (Å²) in [6.07, 6.45) is 2.08. The number of rotatable bonds is 7. The Labute approximate surface area is 199 Å². The van der Waals surface area contributed by atoms with E-state index in [4.69, 9.17) is 4.99 Å². The lowest BCUT2D eigenvalue weighted by atomic mass is 9.98. The molecule has 1 aliphatic heterocycles. The van der Waals surface area contributed by atoms with Crippen LogP contribution in [-0.2, 0) is 13.0 Å². The number of nitrogens with zero attached hydrogens (tertiary/aromatic N) is 6. The first-order chi connectivity index (χ1) is 16.5. The number of H-pyrrole nitrogens is 1. The molecule has 4 aromatic rings. The zero-order valence-corrected chi connectivity index (χ0v) is 20.1. The molecular formula is C26H30N8. The Hall–Kier alpha value is -3.78. The molecule has 0 fully saturated rings. The molecule has 2 aromatic carbocycles. The lowest BCUT2D eigenvalue weighted by Gasteiger charge is -2.28. The third-order valence-electron chi connectivity index (χ3n) is 6.27. The Morgan fingerprint density at radius 2 is 1.76 bits per heavy atom. The first-order valence-electron chi connectivity index (χ1n) is 11.7. The lowest BCUT2D eigenvalue weighted by Crippen LogP contribution is -2.37. The maximum Gasteiger partial charge on any atom is 0.205 e. The maximum absolute atomic E-state index is 4.82. The van der Waals surface area contributed by atoms with Gasteiger partial charge in [-0.1, -0.05) is 61.9 Å². The first-order valence-corrected chi connectivity index (χ1v) is 11.7. The molecular weight excluding hydrogens is 424 g/mol. The predicted octanol–water partition coefficient (Wildman–Crippen LogP) is 4.42. The molecule has 1 atom stereocenters. The first kappa shape index (κ1) is 22.0. The highest BCUT2D eigenvalue weighted by molar-refractivity contribution is 6.04. The summed E-state index contributed by atoms with van der Waals surface area (Å²) >= 11 is 0. The number of aromatic amines is 1. The van der Waals surface area contributed by atoms with E-state index in [1.165, 1.54) is 16.8 Å². The van der Waals surface area contributed by atoms with Crippen LogP contribution in [0.1, 0.15) is 37.1 Å². The summed E-state index contributed by atoms with van der Waals surface area (Å²) in [5, 5.41) is 18.2. The summed E-state index contributed by atoms with van der Waals surface area (Å²) in [5.74, 6) is 1.75. The zero-order valence-electron chi connectivity index (χ0n) is 20.1. The lowest BCUT2D eigenvalue weighted by molar-refractivity contribution is 0.329. The molecule has 34 heavy (non-hydrogen) atoms. The average molecular weight is 455 g/mol. The van der Waals surface area contributed by atoms with E-state index >= 15 is 0 Å². The van der Waals surface area contributed by atoms with Crippen molar-refractivity contribution in [2.75, 3.05) is 19.4 Å². The van der Waals surface area contributed by atoms with E-state index < -0.39 is 0 Å². The number of aliphatic imine (C=N–C) groups is 1. The van der Waals surface area contributed by atoms with Crippen LogP contribution in [0.3, 0.4) is 0 Å². The minimum atomic E-state index is -0.0559. The Balaban J connectivity index is 1.47. The molecule has 0 spiro atoms. The van der Waals surface area contributed by atoms with Crippen molar-refractivity contribution in [1.29, 1.82) is 0 Å². The molecule has 0 amide bonds. The highest BCUT2D eigenvalue weighted by atomic mass is 15.5. The van der Waals surface area contributed by atoms with E-state index in [0.29, 0.717) is 5.82 Å². The smallest absolute Gasteiger partial charge is 0.205 e. The van der Waals surface area contributed by atoms with Gasteiger partial charge in [-0.3, -0.25) is 4.90 Å². The van der Waals surface area contributed by atoms with Crippen LogP contribution < -0.4 is 5.32 Å². The van der Waals surface area contributed by atoms with Crippen LogP contribution in [0.5, 0.6) is 0 Å². The van der Waals surface area contributed by atoms with Gasteiger partial charge in [0.25, 0.3) is 0 Å². The van der Waals surface area contributed by atoms with Crippen LogP contribution in [0.25, 0.3) is 22.5 Å². The summed E-state index contributed by atoms with van der Waals surface area (Å²) in [7, 11) is 4.09. The van der Waals surface area contributed by atoms with Gasteiger partial charge in [-0.2, -0.15) is 5.21 Å². The molecule has 0 radical (unpaired) electrons. The fourth-order valence-electron chi connectivity index (χ4n) is 4.51. The maximum atomic E-state index is 4.82. The van der Waals surface area contributed by atoms with Crippen molar-refractivity contribution in [3.8, 4) is 22.5 Å². The third-order valence-corrected chi connectivity index (χ3v) is 6.27. The van der Waals surface area contributed by atoms with E-state index in [0.717, 1.165) is 47.6 Å². The SMILES string of the molecule is CCCc1cc2c(n1Cc1ccc(-c3ccccc3-c3nn[nH]n3)cc1)NC(N(C)C)N=C2C. The zero-order chi connectivity index (χ0) is 23.7. The Morgan fingerprint density at radius 3 is 2.44 bits per heavy atom. The molecule has 5 rings (SSSR count). The molecule has 0 bridgehead atoms. The molecule has 8 heteroatoms. The second-order valence-electron chi connectivity index (χ2n) is 8.91. The highest BCUT2D eigenvalue weighted by Crippen LogP contribution is 2.32. The van der Waals surface area contributed by atoms with Crippen LogP contribution in [0.4, 0.5) is 5.82 Å². The topological polar surface area (TPSA) is 87.0 Å². The summed E-state index contributed by atoms with van der Waals surface area (Å²) in [4.78, 5) is 6.92. The van der Waals surface area contributed by atoms with E-state index in [-0.39, 0.29) is 6.29 Å². The number of tetrazole rings is 1. The van der Waals surface area contributed by atoms with Crippen LogP contribution in [0.15, 0.2) is 59.6 Å². The van der Waals surface area contributed by atoms with Crippen LogP contribution in [0.2, 0.25) is 0 Å². The van der Waals surface area contributed by atoms with Crippen molar-refractivity contribution in [2.24, 2.45) is 4.99 Å². The number of hydrogen-bond donors (Lipinski definition) is 2. The monoisotopic (exact) mass is 454 g/mol. The van der Waals surface area contributed by atoms with Crippen molar-refractivity contribution in [2.45, 2.75) is 39.5 Å². The number of benzene rings is 2. The molecule has 1 unspecified atom stereocenters.